The molecular weight excluding hydrogens is 321 g/mol. The normalized spacial score (nSPS) is 10.4. The Hall–Kier alpha value is -2.42. The van der Waals surface area contributed by atoms with E-state index in [1.807, 2.05) is 6.07 Å². The van der Waals surface area contributed by atoms with Crippen molar-refractivity contribution in [3.05, 3.63) is 46.5 Å². The van der Waals surface area contributed by atoms with Gasteiger partial charge in [0, 0.05) is 5.56 Å². The Labute approximate surface area is 136 Å². The second kappa shape index (κ2) is 6.14. The number of hydrogen-bond acceptors (Lipinski definition) is 4. The molecule has 1 aromatic carbocycles. The van der Waals surface area contributed by atoms with Gasteiger partial charge in [-0.1, -0.05) is 29.3 Å². The molecule has 3 aromatic rings. The number of benzene rings is 1. The van der Waals surface area contributed by atoms with E-state index in [1.165, 1.54) is 6.33 Å². The predicted octanol–water partition coefficient (Wildman–Crippen LogP) is 3.41. The lowest BCUT2D eigenvalue weighted by molar-refractivity contribution is 0.940. The minimum absolute atomic E-state index is 0.360. The van der Waals surface area contributed by atoms with E-state index in [4.69, 9.17) is 29.6 Å². The lowest BCUT2D eigenvalue weighted by Gasteiger charge is -2.10. The van der Waals surface area contributed by atoms with Gasteiger partial charge in [-0.3, -0.25) is 0 Å². The molecule has 7 heteroatoms. The molecule has 2 aromatic heterocycles. The standard InChI is InChI=1S/C15H9Cl2N5/c1-2-3-12-14(13-7-20-22-21-13)15(19-8-18-12)9-4-5-10(16)11(17)6-9/h1,4-8H,3H2,(H,20,21,22). The van der Waals surface area contributed by atoms with Gasteiger partial charge in [-0.05, 0) is 12.1 Å². The molecule has 0 aliphatic carbocycles. The van der Waals surface area contributed by atoms with Gasteiger partial charge in [-0.15, -0.1) is 12.3 Å². The molecule has 0 saturated heterocycles. The van der Waals surface area contributed by atoms with E-state index in [9.17, 15) is 0 Å². The Bertz CT molecular complexity index is 853. The molecule has 0 atom stereocenters. The van der Waals surface area contributed by atoms with Crippen LogP contribution in [0, 0.1) is 12.3 Å². The summed E-state index contributed by atoms with van der Waals surface area (Å²) in [5.41, 5.74) is 3.52. The molecule has 0 saturated carbocycles. The lowest BCUT2D eigenvalue weighted by atomic mass is 10.0. The molecule has 108 valence electrons. The molecule has 0 amide bonds. The van der Waals surface area contributed by atoms with Crippen LogP contribution in [0.15, 0.2) is 30.7 Å². The molecule has 0 aliphatic heterocycles. The number of aromatic nitrogens is 5. The van der Waals surface area contributed by atoms with Crippen LogP contribution < -0.4 is 0 Å². The van der Waals surface area contributed by atoms with E-state index >= 15 is 0 Å². The Morgan fingerprint density at radius 3 is 2.73 bits per heavy atom. The molecule has 5 nitrogen and oxygen atoms in total. The zero-order valence-corrected chi connectivity index (χ0v) is 12.7. The molecule has 0 unspecified atom stereocenters. The number of hydrogen-bond donors (Lipinski definition) is 1. The van der Waals surface area contributed by atoms with Crippen molar-refractivity contribution in [1.29, 1.82) is 0 Å². The van der Waals surface area contributed by atoms with E-state index in [0.717, 1.165) is 11.1 Å². The van der Waals surface area contributed by atoms with Gasteiger partial charge in [0.15, 0.2) is 0 Å². The first-order valence-electron chi connectivity index (χ1n) is 6.29. The van der Waals surface area contributed by atoms with Crippen LogP contribution in [0.4, 0.5) is 0 Å². The summed E-state index contributed by atoms with van der Waals surface area (Å²) in [5, 5.41) is 11.5. The summed E-state index contributed by atoms with van der Waals surface area (Å²) in [6.45, 7) is 0. The number of nitrogens with one attached hydrogen (secondary N) is 1. The first-order chi connectivity index (χ1) is 10.7. The van der Waals surface area contributed by atoms with Crippen LogP contribution in [0.25, 0.3) is 22.5 Å². The summed E-state index contributed by atoms with van der Waals surface area (Å²) in [7, 11) is 0. The van der Waals surface area contributed by atoms with Crippen LogP contribution in [0.2, 0.25) is 10.0 Å². The third-order valence-electron chi connectivity index (χ3n) is 3.06. The average molecular weight is 330 g/mol. The summed E-state index contributed by atoms with van der Waals surface area (Å²) in [4.78, 5) is 8.61. The molecule has 0 fully saturated rings. The van der Waals surface area contributed by atoms with E-state index in [1.54, 1.807) is 18.3 Å². The van der Waals surface area contributed by atoms with Crippen LogP contribution in [-0.4, -0.2) is 25.4 Å². The van der Waals surface area contributed by atoms with Crippen LogP contribution in [-0.2, 0) is 6.42 Å². The maximum atomic E-state index is 6.10. The van der Waals surface area contributed by atoms with Crippen molar-refractivity contribution in [3.8, 4) is 34.9 Å². The van der Waals surface area contributed by atoms with Gasteiger partial charge in [0.05, 0.1) is 39.6 Å². The largest absolute Gasteiger partial charge is 0.240 e. The average Bonchev–Trinajstić information content (AvgIpc) is 3.04. The third-order valence-corrected chi connectivity index (χ3v) is 3.80. The van der Waals surface area contributed by atoms with Gasteiger partial charge in [0.2, 0.25) is 0 Å². The molecule has 0 bridgehead atoms. The fourth-order valence-corrected chi connectivity index (χ4v) is 2.40. The third kappa shape index (κ3) is 2.67. The number of H-pyrrole nitrogens is 1. The van der Waals surface area contributed by atoms with Crippen LogP contribution in [0.1, 0.15) is 5.69 Å². The van der Waals surface area contributed by atoms with Gasteiger partial charge in [-0.2, -0.15) is 15.4 Å². The Morgan fingerprint density at radius 2 is 2.05 bits per heavy atom. The van der Waals surface area contributed by atoms with Crippen molar-refractivity contribution < 1.29 is 0 Å². The molecule has 0 aliphatic rings. The quantitative estimate of drug-likeness (QED) is 0.747. The number of rotatable bonds is 3. The van der Waals surface area contributed by atoms with Crippen molar-refractivity contribution >= 4 is 23.2 Å². The van der Waals surface area contributed by atoms with Crippen molar-refractivity contribution in [2.24, 2.45) is 0 Å². The van der Waals surface area contributed by atoms with Gasteiger partial charge >= 0.3 is 0 Å². The maximum absolute atomic E-state index is 6.10. The minimum atomic E-state index is 0.360. The molecule has 2 heterocycles. The summed E-state index contributed by atoms with van der Waals surface area (Å²) in [5.74, 6) is 2.59. The Balaban J connectivity index is 2.25. The number of nitrogens with zero attached hydrogens (tertiary/aromatic N) is 4. The zero-order valence-electron chi connectivity index (χ0n) is 11.2. The Kier molecular flexibility index (Phi) is 4.05. The van der Waals surface area contributed by atoms with Crippen molar-refractivity contribution in [1.82, 2.24) is 25.4 Å². The fourth-order valence-electron chi connectivity index (χ4n) is 2.11. The van der Waals surface area contributed by atoms with Crippen molar-refractivity contribution in [3.63, 3.8) is 0 Å². The molecule has 0 radical (unpaired) electrons. The molecular formula is C15H9Cl2N5. The number of aromatic amines is 1. The highest BCUT2D eigenvalue weighted by molar-refractivity contribution is 6.42. The SMILES string of the molecule is C#CCc1ncnc(-c2ccc(Cl)c(Cl)c2)c1-c1cn[nH]n1. The van der Waals surface area contributed by atoms with Gasteiger partial charge in [0.25, 0.3) is 0 Å². The summed E-state index contributed by atoms with van der Waals surface area (Å²) in [6, 6.07) is 5.30. The second-order valence-electron chi connectivity index (χ2n) is 4.41. The highest BCUT2D eigenvalue weighted by Gasteiger charge is 2.17. The Morgan fingerprint density at radius 1 is 1.18 bits per heavy atom. The van der Waals surface area contributed by atoms with E-state index in [0.29, 0.717) is 33.5 Å². The number of halogens is 2. The van der Waals surface area contributed by atoms with E-state index in [-0.39, 0.29) is 0 Å². The van der Waals surface area contributed by atoms with Gasteiger partial charge in [-0.25, -0.2) is 9.97 Å². The van der Waals surface area contributed by atoms with Crippen LogP contribution in [0.5, 0.6) is 0 Å². The van der Waals surface area contributed by atoms with Crippen molar-refractivity contribution in [2.75, 3.05) is 0 Å². The monoisotopic (exact) mass is 329 g/mol. The minimum Gasteiger partial charge on any atom is -0.240 e. The summed E-state index contributed by atoms with van der Waals surface area (Å²) < 4.78 is 0. The van der Waals surface area contributed by atoms with E-state index in [2.05, 4.69) is 31.3 Å². The molecule has 22 heavy (non-hydrogen) atoms. The first-order valence-corrected chi connectivity index (χ1v) is 7.05. The zero-order chi connectivity index (χ0) is 15.5. The first kappa shape index (κ1) is 14.5. The summed E-state index contributed by atoms with van der Waals surface area (Å²) in [6.07, 6.45) is 8.85. The number of terminal acetylenes is 1. The van der Waals surface area contributed by atoms with Crippen molar-refractivity contribution in [2.45, 2.75) is 6.42 Å². The molecule has 3 rings (SSSR count). The highest BCUT2D eigenvalue weighted by Crippen LogP contribution is 2.34. The maximum Gasteiger partial charge on any atom is 0.116 e. The van der Waals surface area contributed by atoms with Gasteiger partial charge in [0.1, 0.15) is 12.0 Å². The summed E-state index contributed by atoms with van der Waals surface area (Å²) >= 11 is 12.1. The van der Waals surface area contributed by atoms with Gasteiger partial charge < -0.3 is 0 Å². The highest BCUT2D eigenvalue weighted by atomic mass is 35.5. The predicted molar refractivity (Wildman–Crippen MR) is 85.4 cm³/mol. The molecule has 0 spiro atoms. The van der Waals surface area contributed by atoms with E-state index < -0.39 is 0 Å². The lowest BCUT2D eigenvalue weighted by Crippen LogP contribution is -1.99. The fraction of sp³-hybridized carbons (Fsp3) is 0.0667. The topological polar surface area (TPSA) is 67.3 Å². The van der Waals surface area contributed by atoms with Crippen LogP contribution in [0.3, 0.4) is 0 Å². The second-order valence-corrected chi connectivity index (χ2v) is 5.22. The smallest absolute Gasteiger partial charge is 0.116 e. The van der Waals surface area contributed by atoms with Crippen LogP contribution >= 0.6 is 23.2 Å². The molecule has 1 N–H and O–H groups in total.